The number of carbonyl (C=O) groups excluding carboxylic acids is 1. The number of aryl methyl sites for hydroxylation is 1. The van der Waals surface area contributed by atoms with Crippen molar-refractivity contribution in [2.45, 2.75) is 25.8 Å². The van der Waals surface area contributed by atoms with Crippen molar-refractivity contribution in [3.8, 4) is 0 Å². The number of amides is 1. The highest BCUT2D eigenvalue weighted by atomic mass is 79.9. The number of likely N-dealkylation sites (N-methyl/N-ethyl adjacent to an activating group) is 1. The van der Waals surface area contributed by atoms with Crippen molar-refractivity contribution in [2.24, 2.45) is 5.73 Å². The fraction of sp³-hybridized carbons (Fsp3) is 0.429. The molecular formula is C14H20BrCl2N3OS. The first-order chi connectivity index (χ1) is 9.51. The highest BCUT2D eigenvalue weighted by Gasteiger charge is 2.15. The lowest BCUT2D eigenvalue weighted by atomic mass is 10.2. The summed E-state index contributed by atoms with van der Waals surface area (Å²) in [6.45, 7) is 2.44. The van der Waals surface area contributed by atoms with E-state index in [0.29, 0.717) is 19.4 Å². The van der Waals surface area contributed by atoms with E-state index in [0.717, 1.165) is 19.7 Å². The Labute approximate surface area is 155 Å². The molecule has 1 unspecified atom stereocenters. The molecule has 2 N–H and O–H groups in total. The third-order valence-corrected chi connectivity index (χ3v) is 4.93. The molecule has 0 bridgehead atoms. The van der Waals surface area contributed by atoms with Crippen LogP contribution in [0.25, 0.3) is 10.2 Å². The number of hydrogen-bond donors (Lipinski definition) is 1. The highest BCUT2D eigenvalue weighted by molar-refractivity contribution is 9.10. The first-order valence-electron chi connectivity index (χ1n) is 6.52. The van der Waals surface area contributed by atoms with Crippen molar-refractivity contribution in [1.29, 1.82) is 0 Å². The summed E-state index contributed by atoms with van der Waals surface area (Å²) in [4.78, 5) is 18.3. The van der Waals surface area contributed by atoms with Crippen LogP contribution in [-0.4, -0.2) is 35.4 Å². The van der Waals surface area contributed by atoms with Gasteiger partial charge < -0.3 is 10.6 Å². The molecule has 4 nitrogen and oxygen atoms in total. The standard InChI is InChI=1S/C14H18BrN3OS.2ClH/c1-9(8-16)18(2)14(19)6-5-13-17-11-7-10(15)3-4-12(11)20-13;;/h3-4,7,9H,5-6,8,16H2,1-2H3;2*1H. The zero-order valence-electron chi connectivity index (χ0n) is 12.4. The van der Waals surface area contributed by atoms with Gasteiger partial charge in [0.25, 0.3) is 0 Å². The van der Waals surface area contributed by atoms with Crippen LogP contribution in [0.1, 0.15) is 18.4 Å². The molecule has 1 aromatic carbocycles. The summed E-state index contributed by atoms with van der Waals surface area (Å²) in [5.74, 6) is 0.114. The number of rotatable bonds is 5. The molecule has 1 aromatic heterocycles. The van der Waals surface area contributed by atoms with Gasteiger partial charge in [-0.25, -0.2) is 4.98 Å². The quantitative estimate of drug-likeness (QED) is 0.790. The molecule has 2 rings (SSSR count). The summed E-state index contributed by atoms with van der Waals surface area (Å²) in [5, 5.41) is 1.00. The van der Waals surface area contributed by atoms with Crippen molar-refractivity contribution in [1.82, 2.24) is 9.88 Å². The Kier molecular flexibility index (Phi) is 9.50. The van der Waals surface area contributed by atoms with E-state index in [1.165, 1.54) is 0 Å². The van der Waals surface area contributed by atoms with Gasteiger partial charge in [0.1, 0.15) is 0 Å². The number of halogens is 3. The lowest BCUT2D eigenvalue weighted by Gasteiger charge is -2.23. The normalized spacial score (nSPS) is 11.5. The summed E-state index contributed by atoms with van der Waals surface area (Å²) >= 11 is 5.09. The smallest absolute Gasteiger partial charge is 0.223 e. The third-order valence-electron chi connectivity index (χ3n) is 3.34. The first kappa shape index (κ1) is 21.6. The predicted molar refractivity (Wildman–Crippen MR) is 101 cm³/mol. The number of nitrogens with zero attached hydrogens (tertiary/aromatic N) is 2. The zero-order chi connectivity index (χ0) is 14.7. The molecule has 1 heterocycles. The van der Waals surface area contributed by atoms with Crippen molar-refractivity contribution in [3.05, 3.63) is 27.7 Å². The topological polar surface area (TPSA) is 59.2 Å². The van der Waals surface area contributed by atoms with Crippen LogP contribution in [0, 0.1) is 0 Å². The molecule has 0 saturated carbocycles. The fourth-order valence-electron chi connectivity index (χ4n) is 1.85. The van der Waals surface area contributed by atoms with Gasteiger partial charge in [-0.15, -0.1) is 36.2 Å². The molecule has 0 radical (unpaired) electrons. The monoisotopic (exact) mass is 427 g/mol. The second-order valence-electron chi connectivity index (χ2n) is 4.81. The van der Waals surface area contributed by atoms with E-state index in [9.17, 15) is 4.79 Å². The highest BCUT2D eigenvalue weighted by Crippen LogP contribution is 2.25. The van der Waals surface area contributed by atoms with Crippen molar-refractivity contribution in [2.75, 3.05) is 13.6 Å². The van der Waals surface area contributed by atoms with E-state index in [1.807, 2.05) is 25.1 Å². The minimum atomic E-state index is 0. The Morgan fingerprint density at radius 3 is 2.77 bits per heavy atom. The number of thiazole rings is 1. The molecule has 1 atom stereocenters. The van der Waals surface area contributed by atoms with Crippen molar-refractivity contribution < 1.29 is 4.79 Å². The van der Waals surface area contributed by atoms with E-state index in [1.54, 1.807) is 23.3 Å². The average Bonchev–Trinajstić information content (AvgIpc) is 2.84. The van der Waals surface area contributed by atoms with E-state index < -0.39 is 0 Å². The molecule has 2 aromatic rings. The lowest BCUT2D eigenvalue weighted by molar-refractivity contribution is -0.131. The van der Waals surface area contributed by atoms with Crippen LogP contribution in [0.15, 0.2) is 22.7 Å². The molecular weight excluding hydrogens is 409 g/mol. The van der Waals surface area contributed by atoms with E-state index in [-0.39, 0.29) is 36.8 Å². The van der Waals surface area contributed by atoms with Crippen LogP contribution in [-0.2, 0) is 11.2 Å². The zero-order valence-corrected chi connectivity index (χ0v) is 16.4. The lowest BCUT2D eigenvalue weighted by Crippen LogP contribution is -2.39. The molecule has 0 aliphatic heterocycles. The van der Waals surface area contributed by atoms with E-state index in [4.69, 9.17) is 5.73 Å². The summed E-state index contributed by atoms with van der Waals surface area (Å²) in [7, 11) is 1.80. The Hall–Kier alpha value is -0.400. The first-order valence-corrected chi connectivity index (χ1v) is 8.13. The molecule has 124 valence electrons. The maximum absolute atomic E-state index is 12.0. The summed E-state index contributed by atoms with van der Waals surface area (Å²) in [5.41, 5.74) is 6.56. The van der Waals surface area contributed by atoms with Gasteiger partial charge in [-0.05, 0) is 25.1 Å². The van der Waals surface area contributed by atoms with Crippen LogP contribution in [0.2, 0.25) is 0 Å². The van der Waals surface area contributed by atoms with Crippen molar-refractivity contribution in [3.63, 3.8) is 0 Å². The van der Waals surface area contributed by atoms with E-state index >= 15 is 0 Å². The van der Waals surface area contributed by atoms with Gasteiger partial charge >= 0.3 is 0 Å². The second-order valence-corrected chi connectivity index (χ2v) is 6.84. The maximum atomic E-state index is 12.0. The minimum Gasteiger partial charge on any atom is -0.342 e. The molecule has 0 spiro atoms. The van der Waals surface area contributed by atoms with Gasteiger partial charge in [-0.2, -0.15) is 0 Å². The summed E-state index contributed by atoms with van der Waals surface area (Å²) < 4.78 is 2.17. The number of hydrogen-bond acceptors (Lipinski definition) is 4. The fourth-order valence-corrected chi connectivity index (χ4v) is 3.15. The minimum absolute atomic E-state index is 0. The SMILES string of the molecule is CC(CN)N(C)C(=O)CCc1nc2cc(Br)ccc2s1.Cl.Cl. The molecule has 0 aliphatic carbocycles. The Bertz CT molecular complexity index is 623. The molecule has 1 amide bonds. The second kappa shape index (κ2) is 9.67. The summed E-state index contributed by atoms with van der Waals surface area (Å²) in [6, 6.07) is 6.13. The Morgan fingerprint density at radius 1 is 1.45 bits per heavy atom. The van der Waals surface area contributed by atoms with Crippen molar-refractivity contribution >= 4 is 68.2 Å². The number of nitrogens with two attached hydrogens (primary N) is 1. The maximum Gasteiger partial charge on any atom is 0.223 e. The molecule has 22 heavy (non-hydrogen) atoms. The van der Waals surface area contributed by atoms with E-state index in [2.05, 4.69) is 20.9 Å². The van der Waals surface area contributed by atoms with Crippen LogP contribution >= 0.6 is 52.1 Å². The molecule has 8 heteroatoms. The Morgan fingerprint density at radius 2 is 2.14 bits per heavy atom. The largest absolute Gasteiger partial charge is 0.342 e. The van der Waals surface area contributed by atoms with Gasteiger partial charge in [0.05, 0.1) is 15.2 Å². The Balaban J connectivity index is 0.00000220. The molecule has 0 saturated heterocycles. The van der Waals surface area contributed by atoms with Gasteiger partial charge in [0.15, 0.2) is 0 Å². The van der Waals surface area contributed by atoms with Crippen LogP contribution in [0.4, 0.5) is 0 Å². The number of benzene rings is 1. The average molecular weight is 429 g/mol. The van der Waals surface area contributed by atoms with Crippen LogP contribution in [0.3, 0.4) is 0 Å². The van der Waals surface area contributed by atoms with Gasteiger partial charge in [0, 0.05) is 36.9 Å². The number of fused-ring (bicyclic) bond motifs is 1. The number of aromatic nitrogens is 1. The predicted octanol–water partition coefficient (Wildman–Crippen LogP) is 3.64. The van der Waals surface area contributed by atoms with Gasteiger partial charge in [-0.1, -0.05) is 15.9 Å². The molecule has 0 aliphatic rings. The van der Waals surface area contributed by atoms with Gasteiger partial charge in [-0.3, -0.25) is 4.79 Å². The number of carbonyl (C=O) groups is 1. The molecule has 0 fully saturated rings. The van der Waals surface area contributed by atoms with Crippen LogP contribution in [0.5, 0.6) is 0 Å². The van der Waals surface area contributed by atoms with Crippen LogP contribution < -0.4 is 5.73 Å². The third kappa shape index (κ3) is 5.35. The van der Waals surface area contributed by atoms with Gasteiger partial charge in [0.2, 0.25) is 5.91 Å². The summed E-state index contributed by atoms with van der Waals surface area (Å²) in [6.07, 6.45) is 1.15.